The Morgan fingerprint density at radius 2 is 1.82 bits per heavy atom. The third kappa shape index (κ3) is 8.08. The molecule has 0 bridgehead atoms. The van der Waals surface area contributed by atoms with E-state index in [-0.39, 0.29) is 12.5 Å². The van der Waals surface area contributed by atoms with E-state index in [1.165, 1.54) is 6.42 Å². The van der Waals surface area contributed by atoms with Gasteiger partial charge in [-0.05, 0) is 85.0 Å². The molecule has 204 valence electrons. The summed E-state index contributed by atoms with van der Waals surface area (Å²) in [6.07, 6.45) is 4.98. The summed E-state index contributed by atoms with van der Waals surface area (Å²) in [5.74, 6) is 1.36. The summed E-state index contributed by atoms with van der Waals surface area (Å²) in [4.78, 5) is 28.7. The Hall–Kier alpha value is -3.82. The van der Waals surface area contributed by atoms with E-state index in [4.69, 9.17) is 9.84 Å². The molecular weight excluding hydrogens is 512 g/mol. The fourth-order valence-corrected chi connectivity index (χ4v) is 5.03. The lowest BCUT2D eigenvalue weighted by Gasteiger charge is -2.29. The molecule has 2 amide bonds. The highest BCUT2D eigenvalue weighted by Gasteiger charge is 2.18. The Kier molecular flexibility index (Phi) is 10.4. The first kappa shape index (κ1) is 28.2. The first-order valence-electron chi connectivity index (χ1n) is 13.0. The number of benzene rings is 3. The van der Waals surface area contributed by atoms with Gasteiger partial charge in [0.05, 0.1) is 31.2 Å². The minimum Gasteiger partial charge on any atom is -0.497 e. The van der Waals surface area contributed by atoms with Crippen LogP contribution in [0.3, 0.4) is 0 Å². The van der Waals surface area contributed by atoms with Crippen molar-refractivity contribution in [1.82, 2.24) is 5.43 Å². The quantitative estimate of drug-likeness (QED) is 0.179. The number of amides is 2. The highest BCUT2D eigenvalue weighted by Crippen LogP contribution is 2.27. The fourth-order valence-electron chi connectivity index (χ4n) is 4.34. The number of hydrazone groups is 1. The molecule has 1 aliphatic heterocycles. The highest BCUT2D eigenvalue weighted by molar-refractivity contribution is 7.98. The van der Waals surface area contributed by atoms with Gasteiger partial charge >= 0.3 is 0 Å². The number of aliphatic hydroxyl groups excluding tert-OH is 1. The predicted molar refractivity (Wildman–Crippen MR) is 158 cm³/mol. The topological polar surface area (TPSA) is 103 Å². The van der Waals surface area contributed by atoms with E-state index in [0.717, 1.165) is 48.5 Å². The lowest BCUT2D eigenvalue weighted by molar-refractivity contribution is 0.0956. The van der Waals surface area contributed by atoms with Gasteiger partial charge in [0.2, 0.25) is 0 Å². The van der Waals surface area contributed by atoms with E-state index in [2.05, 4.69) is 20.7 Å². The molecule has 0 aromatic heterocycles. The maximum absolute atomic E-state index is 13.3. The molecule has 1 saturated heterocycles. The van der Waals surface area contributed by atoms with E-state index in [1.807, 2.05) is 54.6 Å². The van der Waals surface area contributed by atoms with E-state index in [9.17, 15) is 9.59 Å². The Morgan fingerprint density at radius 3 is 2.56 bits per heavy atom. The van der Waals surface area contributed by atoms with Crippen molar-refractivity contribution < 1.29 is 19.4 Å². The zero-order valence-electron chi connectivity index (χ0n) is 22.1. The van der Waals surface area contributed by atoms with Gasteiger partial charge < -0.3 is 20.1 Å². The average molecular weight is 547 g/mol. The summed E-state index contributed by atoms with van der Waals surface area (Å²) < 4.78 is 5.17. The van der Waals surface area contributed by atoms with Crippen LogP contribution in [0.5, 0.6) is 5.75 Å². The van der Waals surface area contributed by atoms with Gasteiger partial charge in [0.15, 0.2) is 0 Å². The normalized spacial score (nSPS) is 13.3. The van der Waals surface area contributed by atoms with E-state index in [1.54, 1.807) is 37.2 Å². The van der Waals surface area contributed by atoms with Crippen LogP contribution in [0.25, 0.3) is 0 Å². The first-order chi connectivity index (χ1) is 19.1. The Balaban J connectivity index is 1.53. The molecule has 0 radical (unpaired) electrons. The van der Waals surface area contributed by atoms with Crippen LogP contribution in [0.1, 0.15) is 51.1 Å². The minimum absolute atomic E-state index is 0.118. The van der Waals surface area contributed by atoms with Crippen LogP contribution in [0, 0.1) is 0 Å². The molecule has 0 unspecified atom stereocenters. The monoisotopic (exact) mass is 546 g/mol. The first-order valence-corrected chi connectivity index (χ1v) is 14.2. The second kappa shape index (κ2) is 14.4. The molecule has 1 heterocycles. The van der Waals surface area contributed by atoms with Crippen LogP contribution in [-0.4, -0.2) is 55.7 Å². The van der Waals surface area contributed by atoms with Gasteiger partial charge in [-0.2, -0.15) is 16.9 Å². The molecule has 1 fully saturated rings. The van der Waals surface area contributed by atoms with Crippen molar-refractivity contribution in [3.8, 4) is 5.75 Å². The van der Waals surface area contributed by atoms with Crippen molar-refractivity contribution in [2.24, 2.45) is 5.10 Å². The van der Waals surface area contributed by atoms with E-state index < -0.39 is 5.91 Å². The van der Waals surface area contributed by atoms with Gasteiger partial charge in [-0.15, -0.1) is 0 Å². The molecule has 0 aliphatic carbocycles. The van der Waals surface area contributed by atoms with Crippen LogP contribution >= 0.6 is 11.8 Å². The molecular formula is C30H34N4O4S. The zero-order valence-corrected chi connectivity index (χ0v) is 22.9. The van der Waals surface area contributed by atoms with Gasteiger partial charge in [-0.1, -0.05) is 12.1 Å². The SMILES string of the molecule is COc1ccc(C=NNC(=O)c2cc(N3CCCCC3)ccc2NC(=O)c2cccc(CSCCO)c2)cc1. The number of nitrogens with one attached hydrogen (secondary N) is 2. The number of ether oxygens (including phenoxy) is 1. The Labute approximate surface area is 233 Å². The number of aliphatic hydroxyl groups is 1. The molecule has 0 spiro atoms. The number of piperidine rings is 1. The number of anilines is 2. The van der Waals surface area contributed by atoms with Crippen molar-refractivity contribution in [3.63, 3.8) is 0 Å². The predicted octanol–water partition coefficient (Wildman–Crippen LogP) is 4.93. The molecule has 3 N–H and O–H groups in total. The maximum Gasteiger partial charge on any atom is 0.273 e. The summed E-state index contributed by atoms with van der Waals surface area (Å²) >= 11 is 1.60. The lowest BCUT2D eigenvalue weighted by atomic mass is 10.1. The zero-order chi connectivity index (χ0) is 27.5. The van der Waals surface area contributed by atoms with Crippen LogP contribution in [0.4, 0.5) is 11.4 Å². The molecule has 3 aromatic carbocycles. The van der Waals surface area contributed by atoms with Gasteiger partial charge in [0, 0.05) is 35.8 Å². The van der Waals surface area contributed by atoms with E-state index >= 15 is 0 Å². The number of rotatable bonds is 11. The van der Waals surface area contributed by atoms with Crippen molar-refractivity contribution in [2.45, 2.75) is 25.0 Å². The Morgan fingerprint density at radius 1 is 1.03 bits per heavy atom. The summed E-state index contributed by atoms with van der Waals surface area (Å²) in [5.41, 5.74) is 6.61. The number of carbonyl (C=O) groups is 2. The average Bonchev–Trinajstić information content (AvgIpc) is 2.98. The molecule has 1 aliphatic rings. The molecule has 0 saturated carbocycles. The van der Waals surface area contributed by atoms with E-state index in [0.29, 0.717) is 28.3 Å². The molecule has 3 aromatic rings. The number of carbonyl (C=O) groups excluding carboxylic acids is 2. The highest BCUT2D eigenvalue weighted by atomic mass is 32.2. The van der Waals surface area contributed by atoms with Crippen molar-refractivity contribution in [2.75, 3.05) is 42.8 Å². The number of nitrogens with zero attached hydrogens (tertiary/aromatic N) is 2. The smallest absolute Gasteiger partial charge is 0.273 e. The van der Waals surface area contributed by atoms with Crippen LogP contribution in [0.2, 0.25) is 0 Å². The Bertz CT molecular complexity index is 1290. The van der Waals surface area contributed by atoms with Gasteiger partial charge in [0.1, 0.15) is 5.75 Å². The minimum atomic E-state index is -0.414. The molecule has 4 rings (SSSR count). The molecule has 0 atom stereocenters. The lowest BCUT2D eigenvalue weighted by Crippen LogP contribution is -2.30. The second-order valence-electron chi connectivity index (χ2n) is 9.18. The van der Waals surface area contributed by atoms with Crippen LogP contribution in [0.15, 0.2) is 71.8 Å². The standard InChI is InChI=1S/C30H34N4O4S/c1-38-26-11-8-22(9-12-26)20-31-33-30(37)27-19-25(34-14-3-2-4-15-34)10-13-28(27)32-29(36)24-7-5-6-23(18-24)21-39-17-16-35/h5-13,18-20,35H,2-4,14-17,21H2,1H3,(H,32,36)(H,33,37). The number of hydrogen-bond donors (Lipinski definition) is 3. The van der Waals surface area contributed by atoms with Crippen molar-refractivity contribution in [1.29, 1.82) is 0 Å². The third-order valence-electron chi connectivity index (χ3n) is 6.41. The number of thioether (sulfide) groups is 1. The number of hydrogen-bond acceptors (Lipinski definition) is 7. The van der Waals surface area contributed by atoms with Gasteiger partial charge in [-0.25, -0.2) is 5.43 Å². The molecule has 39 heavy (non-hydrogen) atoms. The summed E-state index contributed by atoms with van der Waals surface area (Å²) in [5, 5.41) is 16.1. The molecule has 9 heteroatoms. The summed E-state index contributed by atoms with van der Waals surface area (Å²) in [6, 6.07) is 20.2. The fraction of sp³-hybridized carbons (Fsp3) is 0.300. The second-order valence-corrected chi connectivity index (χ2v) is 10.3. The number of methoxy groups -OCH3 is 1. The third-order valence-corrected chi connectivity index (χ3v) is 7.41. The summed E-state index contributed by atoms with van der Waals surface area (Å²) in [6.45, 7) is 1.99. The van der Waals surface area contributed by atoms with Gasteiger partial charge in [0.25, 0.3) is 11.8 Å². The maximum atomic E-state index is 13.3. The molecule has 8 nitrogen and oxygen atoms in total. The van der Waals surface area contributed by atoms with Crippen LogP contribution < -0.4 is 20.4 Å². The van der Waals surface area contributed by atoms with Gasteiger partial charge in [-0.3, -0.25) is 9.59 Å². The largest absolute Gasteiger partial charge is 0.497 e. The van der Waals surface area contributed by atoms with Crippen molar-refractivity contribution in [3.05, 3.63) is 89.0 Å². The summed E-state index contributed by atoms with van der Waals surface area (Å²) in [7, 11) is 1.60. The van der Waals surface area contributed by atoms with Crippen molar-refractivity contribution >= 4 is 41.2 Å². The van der Waals surface area contributed by atoms with Crippen LogP contribution in [-0.2, 0) is 5.75 Å².